The van der Waals surface area contributed by atoms with Crippen LogP contribution in [0.2, 0.25) is 0 Å². The predicted molar refractivity (Wildman–Crippen MR) is 75.0 cm³/mol. The highest BCUT2D eigenvalue weighted by atomic mass is 16.5. The van der Waals surface area contributed by atoms with Crippen LogP contribution in [0.1, 0.15) is 44.1 Å². The van der Waals surface area contributed by atoms with Gasteiger partial charge in [-0.2, -0.15) is 0 Å². The number of ether oxygens (including phenoxy) is 1. The molecule has 2 fully saturated rings. The van der Waals surface area contributed by atoms with Crippen LogP contribution >= 0.6 is 0 Å². The Labute approximate surface area is 110 Å². The summed E-state index contributed by atoms with van der Waals surface area (Å²) in [5, 5.41) is 3.50. The zero-order chi connectivity index (χ0) is 12.4. The Bertz CT molecular complexity index is 392. The maximum Gasteiger partial charge on any atom is 0.0756 e. The molecule has 2 aliphatic rings. The molecule has 0 aromatic heterocycles. The highest BCUT2D eigenvalue weighted by molar-refractivity contribution is 5.44. The van der Waals surface area contributed by atoms with Crippen LogP contribution in [0.25, 0.3) is 0 Å². The second kappa shape index (κ2) is 4.93. The fourth-order valence-corrected chi connectivity index (χ4v) is 3.33. The average molecular weight is 245 g/mol. The topological polar surface area (TPSA) is 21.3 Å². The normalized spacial score (nSPS) is 25.7. The van der Waals surface area contributed by atoms with E-state index in [1.54, 1.807) is 0 Å². The SMILES string of the molecule is Cc1ccc(NCC2CCC3(CCCC3)O2)cc1. The predicted octanol–water partition coefficient (Wildman–Crippen LogP) is 3.90. The molecule has 3 rings (SSSR count). The van der Waals surface area contributed by atoms with Gasteiger partial charge in [-0.1, -0.05) is 30.5 Å². The van der Waals surface area contributed by atoms with E-state index in [2.05, 4.69) is 36.5 Å². The van der Waals surface area contributed by atoms with Crippen LogP contribution < -0.4 is 5.32 Å². The molecule has 0 bridgehead atoms. The summed E-state index contributed by atoms with van der Waals surface area (Å²) in [5.74, 6) is 0. The number of nitrogens with one attached hydrogen (secondary N) is 1. The Morgan fingerprint density at radius 1 is 1.17 bits per heavy atom. The molecule has 1 atom stereocenters. The molecule has 1 heterocycles. The van der Waals surface area contributed by atoms with Gasteiger partial charge in [0.25, 0.3) is 0 Å². The number of hydrogen-bond donors (Lipinski definition) is 1. The average Bonchev–Trinajstić information content (AvgIpc) is 3.00. The van der Waals surface area contributed by atoms with E-state index in [0.717, 1.165) is 6.54 Å². The Hall–Kier alpha value is -1.02. The molecule has 1 aromatic rings. The molecule has 1 spiro atoms. The molecular weight excluding hydrogens is 222 g/mol. The van der Waals surface area contributed by atoms with Gasteiger partial charge >= 0.3 is 0 Å². The van der Waals surface area contributed by atoms with Crippen molar-refractivity contribution in [1.29, 1.82) is 0 Å². The van der Waals surface area contributed by atoms with Crippen LogP contribution in [0.15, 0.2) is 24.3 Å². The maximum atomic E-state index is 6.29. The van der Waals surface area contributed by atoms with Crippen molar-refractivity contribution in [1.82, 2.24) is 0 Å². The zero-order valence-corrected chi connectivity index (χ0v) is 11.2. The molecule has 1 aliphatic carbocycles. The minimum absolute atomic E-state index is 0.264. The van der Waals surface area contributed by atoms with Gasteiger partial charge in [-0.15, -0.1) is 0 Å². The van der Waals surface area contributed by atoms with Crippen molar-refractivity contribution in [3.05, 3.63) is 29.8 Å². The number of aryl methyl sites for hydroxylation is 1. The number of benzene rings is 1. The zero-order valence-electron chi connectivity index (χ0n) is 11.2. The van der Waals surface area contributed by atoms with Crippen molar-refractivity contribution in [3.63, 3.8) is 0 Å². The number of rotatable bonds is 3. The Balaban J connectivity index is 1.51. The Kier molecular flexibility index (Phi) is 3.29. The van der Waals surface area contributed by atoms with Crippen molar-refractivity contribution in [3.8, 4) is 0 Å². The third-order valence-electron chi connectivity index (χ3n) is 4.44. The van der Waals surface area contributed by atoms with Crippen LogP contribution in [0.5, 0.6) is 0 Å². The van der Waals surface area contributed by atoms with E-state index >= 15 is 0 Å². The lowest BCUT2D eigenvalue weighted by molar-refractivity contribution is -0.0307. The summed E-state index contributed by atoms with van der Waals surface area (Å²) in [7, 11) is 0. The molecule has 18 heavy (non-hydrogen) atoms. The van der Waals surface area contributed by atoms with Gasteiger partial charge in [-0.05, 0) is 44.7 Å². The van der Waals surface area contributed by atoms with Crippen molar-refractivity contribution < 1.29 is 4.74 Å². The van der Waals surface area contributed by atoms with Gasteiger partial charge in [-0.25, -0.2) is 0 Å². The summed E-state index contributed by atoms with van der Waals surface area (Å²) in [6.45, 7) is 3.07. The van der Waals surface area contributed by atoms with E-state index in [-0.39, 0.29) is 5.60 Å². The first-order chi connectivity index (χ1) is 8.76. The first kappa shape index (κ1) is 12.0. The first-order valence-electron chi connectivity index (χ1n) is 7.24. The molecule has 1 saturated heterocycles. The quantitative estimate of drug-likeness (QED) is 0.872. The van der Waals surface area contributed by atoms with Gasteiger partial charge in [0.15, 0.2) is 0 Å². The fraction of sp³-hybridized carbons (Fsp3) is 0.625. The standard InChI is InChI=1S/C16H23NO/c1-13-4-6-14(7-5-13)17-12-15-8-11-16(18-15)9-2-3-10-16/h4-7,15,17H,2-3,8-12H2,1H3. The fourth-order valence-electron chi connectivity index (χ4n) is 3.33. The third kappa shape index (κ3) is 2.54. The molecule has 1 N–H and O–H groups in total. The molecular formula is C16H23NO. The summed E-state index contributed by atoms with van der Waals surface area (Å²) in [6, 6.07) is 8.60. The van der Waals surface area contributed by atoms with Crippen molar-refractivity contribution in [2.75, 3.05) is 11.9 Å². The van der Waals surface area contributed by atoms with E-state index in [1.807, 2.05) is 0 Å². The molecule has 0 radical (unpaired) electrons. The van der Waals surface area contributed by atoms with Crippen molar-refractivity contribution in [2.45, 2.75) is 57.2 Å². The molecule has 1 saturated carbocycles. The van der Waals surface area contributed by atoms with Crippen LogP contribution in [0.3, 0.4) is 0 Å². The Morgan fingerprint density at radius 2 is 1.89 bits per heavy atom. The molecule has 1 aromatic carbocycles. The molecule has 98 valence electrons. The lowest BCUT2D eigenvalue weighted by atomic mass is 9.98. The highest BCUT2D eigenvalue weighted by Crippen LogP contribution is 2.43. The van der Waals surface area contributed by atoms with Gasteiger partial charge in [0.05, 0.1) is 11.7 Å². The van der Waals surface area contributed by atoms with E-state index < -0.39 is 0 Å². The van der Waals surface area contributed by atoms with Crippen LogP contribution in [0, 0.1) is 6.92 Å². The highest BCUT2D eigenvalue weighted by Gasteiger charge is 2.41. The molecule has 2 nitrogen and oxygen atoms in total. The monoisotopic (exact) mass is 245 g/mol. The van der Waals surface area contributed by atoms with Gasteiger partial charge in [0.1, 0.15) is 0 Å². The summed E-state index contributed by atoms with van der Waals surface area (Å²) in [6.07, 6.45) is 8.19. The van der Waals surface area contributed by atoms with Gasteiger partial charge in [0.2, 0.25) is 0 Å². The molecule has 1 aliphatic heterocycles. The summed E-state index contributed by atoms with van der Waals surface area (Å²) in [5.41, 5.74) is 2.78. The minimum Gasteiger partial charge on any atom is -0.382 e. The largest absolute Gasteiger partial charge is 0.382 e. The second-order valence-electron chi connectivity index (χ2n) is 5.92. The maximum absolute atomic E-state index is 6.29. The lowest BCUT2D eigenvalue weighted by Crippen LogP contribution is -2.27. The van der Waals surface area contributed by atoms with Crippen LogP contribution in [0.4, 0.5) is 5.69 Å². The van der Waals surface area contributed by atoms with Gasteiger partial charge < -0.3 is 10.1 Å². The van der Waals surface area contributed by atoms with Crippen LogP contribution in [-0.4, -0.2) is 18.2 Å². The molecule has 0 amide bonds. The van der Waals surface area contributed by atoms with Gasteiger partial charge in [-0.3, -0.25) is 0 Å². The third-order valence-corrected chi connectivity index (χ3v) is 4.44. The smallest absolute Gasteiger partial charge is 0.0756 e. The lowest BCUT2D eigenvalue weighted by Gasteiger charge is -2.24. The first-order valence-corrected chi connectivity index (χ1v) is 7.24. The molecule has 2 heteroatoms. The van der Waals surface area contributed by atoms with E-state index in [1.165, 1.54) is 49.8 Å². The second-order valence-corrected chi connectivity index (χ2v) is 5.92. The van der Waals surface area contributed by atoms with E-state index in [4.69, 9.17) is 4.74 Å². The minimum atomic E-state index is 0.264. The summed E-state index contributed by atoms with van der Waals surface area (Å²) in [4.78, 5) is 0. The van der Waals surface area contributed by atoms with E-state index in [9.17, 15) is 0 Å². The van der Waals surface area contributed by atoms with Crippen molar-refractivity contribution >= 4 is 5.69 Å². The number of hydrogen-bond acceptors (Lipinski definition) is 2. The molecule has 1 unspecified atom stereocenters. The van der Waals surface area contributed by atoms with E-state index in [0.29, 0.717) is 6.10 Å². The number of anilines is 1. The summed E-state index contributed by atoms with van der Waals surface area (Å²) >= 11 is 0. The van der Waals surface area contributed by atoms with Gasteiger partial charge in [0, 0.05) is 12.2 Å². The Morgan fingerprint density at radius 3 is 2.61 bits per heavy atom. The van der Waals surface area contributed by atoms with Crippen LogP contribution in [-0.2, 0) is 4.74 Å². The van der Waals surface area contributed by atoms with Crippen molar-refractivity contribution in [2.24, 2.45) is 0 Å². The summed E-state index contributed by atoms with van der Waals surface area (Å²) < 4.78 is 6.29.